The number of hydrogen-bond donors (Lipinski definition) is 1. The maximum atomic E-state index is 5.41. The average Bonchev–Trinajstić information content (AvgIpc) is 3.13. The van der Waals surface area contributed by atoms with E-state index in [1.165, 1.54) is 11.1 Å². The van der Waals surface area contributed by atoms with Gasteiger partial charge in [0.05, 0.1) is 24.4 Å². The Balaban J connectivity index is 1.67. The number of aromatic nitrogens is 4. The summed E-state index contributed by atoms with van der Waals surface area (Å²) in [7, 11) is 1.68. The van der Waals surface area contributed by atoms with Gasteiger partial charge in [0.2, 0.25) is 0 Å². The topological polar surface area (TPSA) is 64.9 Å². The molecule has 0 aliphatic rings. The molecule has 0 aliphatic heterocycles. The van der Waals surface area contributed by atoms with Gasteiger partial charge in [-0.05, 0) is 43.2 Å². The summed E-state index contributed by atoms with van der Waals surface area (Å²) in [4.78, 5) is 8.84. The molecule has 1 N–H and O–H groups in total. The molecule has 0 fully saturated rings. The van der Waals surface area contributed by atoms with Crippen molar-refractivity contribution in [3.8, 4) is 11.4 Å². The van der Waals surface area contributed by atoms with E-state index < -0.39 is 0 Å². The molecule has 0 bridgehead atoms. The van der Waals surface area contributed by atoms with Crippen molar-refractivity contribution in [1.82, 2.24) is 19.7 Å². The molecule has 0 unspecified atom stereocenters. The van der Waals surface area contributed by atoms with E-state index in [1.54, 1.807) is 19.6 Å². The van der Waals surface area contributed by atoms with Crippen molar-refractivity contribution < 1.29 is 4.74 Å². The maximum Gasteiger partial charge on any atom is 0.168 e. The molecule has 27 heavy (non-hydrogen) atoms. The second kappa shape index (κ2) is 7.07. The van der Waals surface area contributed by atoms with Gasteiger partial charge in [0.25, 0.3) is 0 Å². The molecule has 2 aromatic heterocycles. The Hall–Kier alpha value is -3.41. The van der Waals surface area contributed by atoms with Crippen LogP contribution in [-0.2, 0) is 6.54 Å². The third-order valence-corrected chi connectivity index (χ3v) is 4.74. The minimum atomic E-state index is 0.602. The molecule has 0 radical (unpaired) electrons. The third kappa shape index (κ3) is 3.21. The highest BCUT2D eigenvalue weighted by Gasteiger charge is 2.12. The van der Waals surface area contributed by atoms with Crippen molar-refractivity contribution in [2.45, 2.75) is 20.4 Å². The summed E-state index contributed by atoms with van der Waals surface area (Å²) in [5.74, 6) is 1.60. The van der Waals surface area contributed by atoms with Crippen molar-refractivity contribution in [3.63, 3.8) is 0 Å². The maximum absolute atomic E-state index is 5.41. The number of ether oxygens (including phenoxy) is 1. The van der Waals surface area contributed by atoms with Crippen LogP contribution in [0.25, 0.3) is 16.7 Å². The van der Waals surface area contributed by atoms with E-state index in [0.29, 0.717) is 6.54 Å². The monoisotopic (exact) mass is 359 g/mol. The van der Waals surface area contributed by atoms with Gasteiger partial charge < -0.3 is 10.1 Å². The number of aryl methyl sites for hydroxylation is 2. The van der Waals surface area contributed by atoms with Gasteiger partial charge >= 0.3 is 0 Å². The van der Waals surface area contributed by atoms with Crippen LogP contribution in [0.5, 0.6) is 5.75 Å². The Morgan fingerprint density at radius 2 is 1.89 bits per heavy atom. The molecule has 2 aromatic carbocycles. The fraction of sp³-hybridized carbons (Fsp3) is 0.190. The minimum absolute atomic E-state index is 0.602. The molecule has 2 heterocycles. The highest BCUT2D eigenvalue weighted by molar-refractivity contribution is 5.87. The first-order valence-corrected chi connectivity index (χ1v) is 8.79. The van der Waals surface area contributed by atoms with Crippen LogP contribution in [0, 0.1) is 13.8 Å². The second-order valence-corrected chi connectivity index (χ2v) is 6.45. The van der Waals surface area contributed by atoms with Crippen molar-refractivity contribution in [2.24, 2.45) is 0 Å². The number of fused-ring (bicyclic) bond motifs is 1. The third-order valence-electron chi connectivity index (χ3n) is 4.74. The smallest absolute Gasteiger partial charge is 0.168 e. The SMILES string of the molecule is COc1ccccc1CNc1ncnc2c1cnn2-c1ccc(C)c(C)c1. The fourth-order valence-electron chi connectivity index (χ4n) is 3.06. The van der Waals surface area contributed by atoms with Crippen LogP contribution in [0.1, 0.15) is 16.7 Å². The molecular formula is C21H21N5O. The summed E-state index contributed by atoms with van der Waals surface area (Å²) in [5.41, 5.74) is 5.30. The van der Waals surface area contributed by atoms with Crippen LogP contribution in [0.15, 0.2) is 55.0 Å². The summed E-state index contributed by atoms with van der Waals surface area (Å²) in [6, 6.07) is 14.2. The van der Waals surface area contributed by atoms with Gasteiger partial charge in [-0.15, -0.1) is 0 Å². The van der Waals surface area contributed by atoms with Crippen LogP contribution < -0.4 is 10.1 Å². The number of benzene rings is 2. The van der Waals surface area contributed by atoms with E-state index >= 15 is 0 Å². The van der Waals surface area contributed by atoms with Gasteiger partial charge in [0.15, 0.2) is 5.65 Å². The number of methoxy groups -OCH3 is 1. The zero-order valence-corrected chi connectivity index (χ0v) is 15.6. The van der Waals surface area contributed by atoms with Crippen LogP contribution in [-0.4, -0.2) is 26.9 Å². The molecule has 0 spiro atoms. The van der Waals surface area contributed by atoms with Crippen molar-refractivity contribution >= 4 is 16.9 Å². The number of rotatable bonds is 5. The molecule has 6 nitrogen and oxygen atoms in total. The zero-order valence-electron chi connectivity index (χ0n) is 15.6. The molecule has 0 saturated heterocycles. The van der Waals surface area contributed by atoms with Gasteiger partial charge in [-0.1, -0.05) is 24.3 Å². The lowest BCUT2D eigenvalue weighted by Crippen LogP contribution is -2.04. The van der Waals surface area contributed by atoms with Crippen molar-refractivity contribution in [3.05, 3.63) is 71.7 Å². The largest absolute Gasteiger partial charge is 0.496 e. The number of hydrogen-bond acceptors (Lipinski definition) is 5. The van der Waals surface area contributed by atoms with Crippen molar-refractivity contribution in [1.29, 1.82) is 0 Å². The first kappa shape index (κ1) is 17.0. The first-order chi connectivity index (χ1) is 13.2. The molecule has 0 amide bonds. The van der Waals surface area contributed by atoms with E-state index in [0.717, 1.165) is 33.9 Å². The van der Waals surface area contributed by atoms with E-state index in [1.807, 2.05) is 28.9 Å². The van der Waals surface area contributed by atoms with Crippen LogP contribution in [0.4, 0.5) is 5.82 Å². The number of anilines is 1. The van der Waals surface area contributed by atoms with Gasteiger partial charge in [0, 0.05) is 12.1 Å². The van der Waals surface area contributed by atoms with Gasteiger partial charge in [-0.25, -0.2) is 14.6 Å². The molecule has 0 aliphatic carbocycles. The Morgan fingerprint density at radius 1 is 1.04 bits per heavy atom. The Bertz CT molecular complexity index is 1100. The lowest BCUT2D eigenvalue weighted by molar-refractivity contribution is 0.410. The minimum Gasteiger partial charge on any atom is -0.496 e. The molecule has 136 valence electrons. The highest BCUT2D eigenvalue weighted by Crippen LogP contribution is 2.24. The molecular weight excluding hydrogens is 338 g/mol. The molecule has 4 aromatic rings. The highest BCUT2D eigenvalue weighted by atomic mass is 16.5. The number of para-hydroxylation sites is 1. The van der Waals surface area contributed by atoms with Gasteiger partial charge in [0.1, 0.15) is 17.9 Å². The quantitative estimate of drug-likeness (QED) is 0.582. The summed E-state index contributed by atoms with van der Waals surface area (Å²) >= 11 is 0. The predicted molar refractivity (Wildman–Crippen MR) is 106 cm³/mol. The molecule has 6 heteroatoms. The van der Waals surface area contributed by atoms with E-state index in [9.17, 15) is 0 Å². The number of nitrogens with zero attached hydrogens (tertiary/aromatic N) is 4. The average molecular weight is 359 g/mol. The van der Waals surface area contributed by atoms with Gasteiger partial charge in [-0.3, -0.25) is 0 Å². The Morgan fingerprint density at radius 3 is 2.70 bits per heavy atom. The predicted octanol–water partition coefficient (Wildman–Crippen LogP) is 4.05. The molecule has 0 atom stereocenters. The first-order valence-electron chi connectivity index (χ1n) is 8.79. The van der Waals surface area contributed by atoms with Gasteiger partial charge in [-0.2, -0.15) is 5.10 Å². The van der Waals surface area contributed by atoms with E-state index in [4.69, 9.17) is 4.74 Å². The second-order valence-electron chi connectivity index (χ2n) is 6.45. The number of nitrogens with one attached hydrogen (secondary N) is 1. The fourth-order valence-corrected chi connectivity index (χ4v) is 3.06. The lowest BCUT2D eigenvalue weighted by Gasteiger charge is -2.10. The van der Waals surface area contributed by atoms with Crippen LogP contribution in [0.3, 0.4) is 0 Å². The van der Waals surface area contributed by atoms with E-state index in [-0.39, 0.29) is 0 Å². The summed E-state index contributed by atoms with van der Waals surface area (Å²) in [6.07, 6.45) is 3.36. The van der Waals surface area contributed by atoms with Crippen LogP contribution in [0.2, 0.25) is 0 Å². The van der Waals surface area contributed by atoms with Crippen molar-refractivity contribution in [2.75, 3.05) is 12.4 Å². The zero-order chi connectivity index (χ0) is 18.8. The van der Waals surface area contributed by atoms with E-state index in [2.05, 4.69) is 52.4 Å². The summed E-state index contributed by atoms with van der Waals surface area (Å²) < 4.78 is 7.26. The summed E-state index contributed by atoms with van der Waals surface area (Å²) in [5, 5.41) is 8.79. The Kier molecular flexibility index (Phi) is 4.46. The lowest BCUT2D eigenvalue weighted by atomic mass is 10.1. The molecule has 4 rings (SSSR count). The summed E-state index contributed by atoms with van der Waals surface area (Å²) in [6.45, 7) is 4.80. The standard InChI is InChI=1S/C21H21N5O/c1-14-8-9-17(10-15(14)2)26-21-18(12-25-26)20(23-13-24-21)22-11-16-6-4-5-7-19(16)27-3/h4-10,12-13H,11H2,1-3H3,(H,22,23,24). The molecule has 0 saturated carbocycles. The normalized spacial score (nSPS) is 10.9. The van der Waals surface area contributed by atoms with Crippen LogP contribution >= 0.6 is 0 Å². The Labute approximate surface area is 157 Å².